The summed E-state index contributed by atoms with van der Waals surface area (Å²) >= 11 is 1.84. The third-order valence-corrected chi connectivity index (χ3v) is 10.6. The number of nitrogens with zero attached hydrogens (tertiary/aromatic N) is 3. The highest BCUT2D eigenvalue weighted by Crippen LogP contribution is 2.43. The third kappa shape index (κ3) is 4.85. The molecule has 1 aliphatic heterocycles. The largest absolute Gasteiger partial charge is 0.349 e. The summed E-state index contributed by atoms with van der Waals surface area (Å²) in [6, 6.07) is 32.6. The first-order valence-corrected chi connectivity index (χ1v) is 16.9. The fourth-order valence-corrected chi connectivity index (χ4v) is 8.39. The average molecular weight is 604 g/mol. The van der Waals surface area contributed by atoms with Gasteiger partial charge in [-0.1, -0.05) is 111 Å². The zero-order chi connectivity index (χ0) is 30.5. The molecule has 5 aromatic rings. The molecule has 3 nitrogen and oxygen atoms in total. The number of amidine groups is 1. The lowest BCUT2D eigenvalue weighted by Gasteiger charge is -2.36. The van der Waals surface area contributed by atoms with Crippen LogP contribution in [0.4, 0.5) is 0 Å². The van der Waals surface area contributed by atoms with Gasteiger partial charge in [-0.25, -0.2) is 4.99 Å². The van der Waals surface area contributed by atoms with Crippen molar-refractivity contribution in [2.24, 2.45) is 16.8 Å². The molecule has 3 unspecified atom stereocenters. The van der Waals surface area contributed by atoms with Crippen LogP contribution in [0.2, 0.25) is 0 Å². The number of fused-ring (bicyclic) bond motifs is 3. The van der Waals surface area contributed by atoms with Crippen LogP contribution in [0.3, 0.4) is 0 Å². The monoisotopic (exact) mass is 603 g/mol. The minimum Gasteiger partial charge on any atom is -0.349 e. The SMILES string of the molecule is CC1CC(C2=NC(c3ccccc3)=CC(c3ccccc3)N2C)=CC=C1C1=CC=C(n2c3ccccc3c3ccsc32)CC1C. The van der Waals surface area contributed by atoms with Crippen LogP contribution in [0.15, 0.2) is 148 Å². The van der Waals surface area contributed by atoms with Gasteiger partial charge in [0.1, 0.15) is 10.7 Å². The van der Waals surface area contributed by atoms with E-state index in [4.69, 9.17) is 4.99 Å². The number of rotatable bonds is 5. The molecule has 0 N–H and O–H groups in total. The Balaban J connectivity index is 1.15. The summed E-state index contributed by atoms with van der Waals surface area (Å²) < 4.78 is 2.49. The molecule has 2 aliphatic carbocycles. The number of aliphatic imine (C=N–C) groups is 1. The fourth-order valence-electron chi connectivity index (χ4n) is 7.43. The summed E-state index contributed by atoms with van der Waals surface area (Å²) in [7, 11) is 2.19. The first kappa shape index (κ1) is 27.8. The minimum absolute atomic E-state index is 0.125. The molecule has 0 fully saturated rings. The van der Waals surface area contributed by atoms with E-state index in [1.165, 1.54) is 49.1 Å². The maximum atomic E-state index is 5.28. The second kappa shape index (κ2) is 11.4. The highest BCUT2D eigenvalue weighted by atomic mass is 32.1. The molecule has 0 spiro atoms. The van der Waals surface area contributed by atoms with E-state index in [0.717, 1.165) is 29.9 Å². The van der Waals surface area contributed by atoms with Gasteiger partial charge in [0.15, 0.2) is 0 Å². The Labute approximate surface area is 269 Å². The number of allylic oxidation sites excluding steroid dienone is 7. The first-order chi connectivity index (χ1) is 22.1. The Bertz CT molecular complexity index is 2100. The number of likely N-dealkylation sites (N-methyl/N-ethyl adjacent to an activating group) is 1. The molecule has 0 saturated heterocycles. The van der Waals surface area contributed by atoms with Crippen LogP contribution in [-0.4, -0.2) is 22.4 Å². The molecular weight excluding hydrogens is 567 g/mol. The Morgan fingerprint density at radius 2 is 1.40 bits per heavy atom. The Morgan fingerprint density at radius 1 is 0.711 bits per heavy atom. The van der Waals surface area contributed by atoms with Crippen molar-refractivity contribution in [2.75, 3.05) is 7.05 Å². The number of hydrogen-bond donors (Lipinski definition) is 0. The van der Waals surface area contributed by atoms with Gasteiger partial charge in [0, 0.05) is 23.5 Å². The van der Waals surface area contributed by atoms with Crippen LogP contribution in [0.1, 0.15) is 43.9 Å². The molecule has 3 heterocycles. The number of thiophene rings is 1. The number of hydrogen-bond acceptors (Lipinski definition) is 3. The average Bonchev–Trinajstić information content (AvgIpc) is 3.67. The van der Waals surface area contributed by atoms with Crippen LogP contribution in [0.25, 0.3) is 32.5 Å². The van der Waals surface area contributed by atoms with Gasteiger partial charge < -0.3 is 9.47 Å². The molecule has 0 radical (unpaired) electrons. The standard InChI is InChI=1S/C41H37N3S/c1-27-24-31(40-42-37(29-12-6-4-7-13-29)26-39(43(40)3)30-14-8-5-9-15-30)18-20-33(27)34-21-19-32(25-28(34)2)44-38-17-11-10-16-35(38)36-22-23-45-41(36)44/h4-23,26-28,39H,24-25H2,1-3H3. The van der Waals surface area contributed by atoms with Gasteiger partial charge in [-0.2, -0.15) is 0 Å². The van der Waals surface area contributed by atoms with Crippen LogP contribution < -0.4 is 0 Å². The predicted molar refractivity (Wildman–Crippen MR) is 192 cm³/mol. The fraction of sp³-hybridized carbons (Fsp3) is 0.195. The highest BCUT2D eigenvalue weighted by molar-refractivity contribution is 7.17. The molecule has 2 aromatic heterocycles. The van der Waals surface area contributed by atoms with E-state index >= 15 is 0 Å². The molecule has 0 saturated carbocycles. The van der Waals surface area contributed by atoms with Gasteiger partial charge in [0.2, 0.25) is 0 Å². The van der Waals surface area contributed by atoms with Gasteiger partial charge >= 0.3 is 0 Å². The number of para-hydroxylation sites is 1. The first-order valence-electron chi connectivity index (χ1n) is 16.0. The molecule has 3 aliphatic rings. The van der Waals surface area contributed by atoms with Crippen molar-refractivity contribution in [1.29, 1.82) is 0 Å². The normalized spacial score (nSPS) is 22.0. The summed E-state index contributed by atoms with van der Waals surface area (Å²) in [5.74, 6) is 1.91. The second-order valence-corrected chi connectivity index (χ2v) is 13.5. The van der Waals surface area contributed by atoms with Crippen LogP contribution in [0, 0.1) is 11.8 Å². The zero-order valence-corrected chi connectivity index (χ0v) is 26.8. The third-order valence-electron chi connectivity index (χ3n) is 9.72. The predicted octanol–water partition coefficient (Wildman–Crippen LogP) is 10.7. The van der Waals surface area contributed by atoms with Gasteiger partial charge in [-0.05, 0) is 82.2 Å². The molecule has 45 heavy (non-hydrogen) atoms. The van der Waals surface area contributed by atoms with Crippen LogP contribution in [0.5, 0.6) is 0 Å². The summed E-state index contributed by atoms with van der Waals surface area (Å²) in [5, 5.41) is 4.92. The van der Waals surface area contributed by atoms with E-state index < -0.39 is 0 Å². The molecule has 3 aromatic carbocycles. The maximum Gasteiger partial charge on any atom is 0.132 e. The van der Waals surface area contributed by atoms with Gasteiger partial charge in [0.25, 0.3) is 0 Å². The molecular formula is C41H37N3S. The quantitative estimate of drug-likeness (QED) is 0.196. The lowest BCUT2D eigenvalue weighted by Crippen LogP contribution is -2.35. The summed E-state index contributed by atoms with van der Waals surface area (Å²) in [5.41, 5.74) is 10.4. The smallest absolute Gasteiger partial charge is 0.132 e. The summed E-state index contributed by atoms with van der Waals surface area (Å²) in [6.07, 6.45) is 13.8. The van der Waals surface area contributed by atoms with E-state index in [-0.39, 0.29) is 6.04 Å². The van der Waals surface area contributed by atoms with E-state index in [0.29, 0.717) is 11.8 Å². The van der Waals surface area contributed by atoms with E-state index in [1.807, 2.05) is 11.3 Å². The summed E-state index contributed by atoms with van der Waals surface area (Å²) in [6.45, 7) is 4.77. The van der Waals surface area contributed by atoms with Crippen molar-refractivity contribution >= 4 is 49.7 Å². The second-order valence-electron chi connectivity index (χ2n) is 12.6. The lowest BCUT2D eigenvalue weighted by molar-refractivity contribution is 0.431. The Hall–Kier alpha value is -4.67. The molecule has 3 atom stereocenters. The van der Waals surface area contributed by atoms with Crippen molar-refractivity contribution in [3.05, 3.63) is 155 Å². The molecule has 8 rings (SSSR count). The van der Waals surface area contributed by atoms with Crippen molar-refractivity contribution < 1.29 is 0 Å². The number of aromatic nitrogens is 1. The maximum absolute atomic E-state index is 5.28. The number of benzene rings is 3. The minimum atomic E-state index is 0.125. The molecule has 4 heteroatoms. The lowest BCUT2D eigenvalue weighted by atomic mass is 9.77. The Kier molecular flexibility index (Phi) is 7.03. The van der Waals surface area contributed by atoms with Crippen LogP contribution in [-0.2, 0) is 0 Å². The van der Waals surface area contributed by atoms with Crippen molar-refractivity contribution in [1.82, 2.24) is 9.47 Å². The highest BCUT2D eigenvalue weighted by Gasteiger charge is 2.31. The van der Waals surface area contributed by atoms with Crippen molar-refractivity contribution in [2.45, 2.75) is 32.7 Å². The van der Waals surface area contributed by atoms with Gasteiger partial charge in [-0.15, -0.1) is 11.3 Å². The summed E-state index contributed by atoms with van der Waals surface area (Å²) in [4.78, 5) is 8.98. The van der Waals surface area contributed by atoms with E-state index in [1.54, 1.807) is 0 Å². The van der Waals surface area contributed by atoms with Gasteiger partial charge in [-0.3, -0.25) is 0 Å². The van der Waals surface area contributed by atoms with Crippen molar-refractivity contribution in [3.8, 4) is 0 Å². The zero-order valence-electron chi connectivity index (χ0n) is 26.0. The Morgan fingerprint density at radius 3 is 2.16 bits per heavy atom. The topological polar surface area (TPSA) is 20.5 Å². The molecule has 0 amide bonds. The molecule has 222 valence electrons. The van der Waals surface area contributed by atoms with E-state index in [2.05, 4.69) is 157 Å². The van der Waals surface area contributed by atoms with Crippen LogP contribution >= 0.6 is 11.3 Å². The van der Waals surface area contributed by atoms with E-state index in [9.17, 15) is 0 Å². The van der Waals surface area contributed by atoms with Gasteiger partial charge in [0.05, 0.1) is 17.3 Å². The van der Waals surface area contributed by atoms with Crippen molar-refractivity contribution in [3.63, 3.8) is 0 Å². The molecule has 0 bridgehead atoms.